The Balaban J connectivity index is 2.46. The van der Waals surface area contributed by atoms with Crippen LogP contribution in [0.2, 0.25) is 0 Å². The summed E-state index contributed by atoms with van der Waals surface area (Å²) in [7, 11) is 0. The van der Waals surface area contributed by atoms with Crippen LogP contribution >= 0.6 is 0 Å². The van der Waals surface area contributed by atoms with E-state index in [1.54, 1.807) is 0 Å². The molecule has 1 N–H and O–H groups in total. The van der Waals surface area contributed by atoms with Gasteiger partial charge in [-0.15, -0.1) is 0 Å². The number of hydrogen-bond acceptors (Lipinski definition) is 1. The third kappa shape index (κ3) is 2.70. The first kappa shape index (κ1) is 13.4. The SMILES string of the molecule is CCC(C)n1ccc2cc(/C(C)=C/C(=O)O)ccc21. The van der Waals surface area contributed by atoms with Gasteiger partial charge in [0, 0.05) is 29.2 Å². The number of nitrogens with zero attached hydrogens (tertiary/aromatic N) is 1. The van der Waals surface area contributed by atoms with Crippen molar-refractivity contribution in [3.05, 3.63) is 42.1 Å². The first-order valence-corrected chi connectivity index (χ1v) is 6.55. The zero-order valence-electron chi connectivity index (χ0n) is 11.6. The van der Waals surface area contributed by atoms with E-state index in [4.69, 9.17) is 5.11 Å². The van der Waals surface area contributed by atoms with Crippen molar-refractivity contribution in [2.75, 3.05) is 0 Å². The number of fused-ring (bicyclic) bond motifs is 1. The third-order valence-corrected chi connectivity index (χ3v) is 3.58. The second-order valence-electron chi connectivity index (χ2n) is 4.92. The summed E-state index contributed by atoms with van der Waals surface area (Å²) in [6, 6.07) is 8.65. The fourth-order valence-electron chi connectivity index (χ4n) is 2.26. The lowest BCUT2D eigenvalue weighted by Crippen LogP contribution is -2.01. The van der Waals surface area contributed by atoms with E-state index in [1.807, 2.05) is 19.1 Å². The summed E-state index contributed by atoms with van der Waals surface area (Å²) in [5, 5.41) is 9.94. The maximum atomic E-state index is 10.7. The highest BCUT2D eigenvalue weighted by molar-refractivity contribution is 5.91. The average molecular weight is 257 g/mol. The van der Waals surface area contributed by atoms with Crippen molar-refractivity contribution in [1.82, 2.24) is 4.57 Å². The van der Waals surface area contributed by atoms with Gasteiger partial charge in [0.2, 0.25) is 0 Å². The van der Waals surface area contributed by atoms with E-state index in [-0.39, 0.29) is 0 Å². The zero-order valence-corrected chi connectivity index (χ0v) is 11.6. The van der Waals surface area contributed by atoms with Crippen molar-refractivity contribution < 1.29 is 9.90 Å². The predicted octanol–water partition coefficient (Wildman–Crippen LogP) is 4.10. The monoisotopic (exact) mass is 257 g/mol. The Morgan fingerprint density at radius 3 is 2.79 bits per heavy atom. The van der Waals surface area contributed by atoms with Crippen molar-refractivity contribution in [2.45, 2.75) is 33.2 Å². The fourth-order valence-corrected chi connectivity index (χ4v) is 2.26. The van der Waals surface area contributed by atoms with Crippen LogP contribution in [0, 0.1) is 0 Å². The Bertz CT molecular complexity index is 637. The summed E-state index contributed by atoms with van der Waals surface area (Å²) in [6.07, 6.45) is 4.43. The van der Waals surface area contributed by atoms with Crippen LogP contribution in [0.15, 0.2) is 36.5 Å². The van der Waals surface area contributed by atoms with Gasteiger partial charge in [-0.25, -0.2) is 4.79 Å². The minimum absolute atomic E-state index is 0.471. The maximum Gasteiger partial charge on any atom is 0.328 e. The number of carboxylic acid groups (broad SMARTS) is 1. The standard InChI is InChI=1S/C16H19NO2/c1-4-12(3)17-8-7-14-10-13(5-6-15(14)17)11(2)9-16(18)19/h5-10,12H,4H2,1-3H3,(H,18,19)/b11-9+. The van der Waals surface area contributed by atoms with Gasteiger partial charge >= 0.3 is 5.97 Å². The molecular weight excluding hydrogens is 238 g/mol. The molecular formula is C16H19NO2. The lowest BCUT2D eigenvalue weighted by Gasteiger charge is -2.13. The molecule has 0 aliphatic heterocycles. The average Bonchev–Trinajstić information content (AvgIpc) is 2.79. The molecule has 3 heteroatoms. The van der Waals surface area contributed by atoms with Gasteiger partial charge in [-0.2, -0.15) is 0 Å². The highest BCUT2D eigenvalue weighted by Gasteiger charge is 2.07. The molecule has 0 aliphatic carbocycles. The van der Waals surface area contributed by atoms with E-state index in [9.17, 15) is 4.79 Å². The summed E-state index contributed by atoms with van der Waals surface area (Å²) >= 11 is 0. The minimum Gasteiger partial charge on any atom is -0.478 e. The maximum absolute atomic E-state index is 10.7. The summed E-state index contributed by atoms with van der Waals surface area (Å²) < 4.78 is 2.26. The molecule has 0 saturated heterocycles. The van der Waals surface area contributed by atoms with Crippen LogP contribution in [0.1, 0.15) is 38.8 Å². The first-order chi connectivity index (χ1) is 9.02. The molecule has 1 heterocycles. The van der Waals surface area contributed by atoms with Gasteiger partial charge in [0.25, 0.3) is 0 Å². The normalized spacial score (nSPS) is 13.7. The largest absolute Gasteiger partial charge is 0.478 e. The van der Waals surface area contributed by atoms with Crippen LogP contribution in [-0.4, -0.2) is 15.6 Å². The molecule has 1 atom stereocenters. The second kappa shape index (κ2) is 5.31. The number of aromatic nitrogens is 1. The highest BCUT2D eigenvalue weighted by atomic mass is 16.4. The Kier molecular flexibility index (Phi) is 3.74. The summed E-state index contributed by atoms with van der Waals surface area (Å²) in [6.45, 7) is 6.19. The van der Waals surface area contributed by atoms with Crippen molar-refractivity contribution in [1.29, 1.82) is 0 Å². The summed E-state index contributed by atoms with van der Waals surface area (Å²) in [5.41, 5.74) is 2.92. The number of benzene rings is 1. The van der Waals surface area contributed by atoms with Crippen LogP contribution in [0.4, 0.5) is 0 Å². The Hall–Kier alpha value is -2.03. The Morgan fingerprint density at radius 2 is 2.16 bits per heavy atom. The first-order valence-electron chi connectivity index (χ1n) is 6.55. The highest BCUT2D eigenvalue weighted by Crippen LogP contribution is 2.25. The van der Waals surface area contributed by atoms with E-state index < -0.39 is 5.97 Å². The molecule has 100 valence electrons. The summed E-state index contributed by atoms with van der Waals surface area (Å²) in [5.74, 6) is -0.908. The smallest absolute Gasteiger partial charge is 0.328 e. The topological polar surface area (TPSA) is 42.2 Å². The number of hydrogen-bond donors (Lipinski definition) is 1. The van der Waals surface area contributed by atoms with Gasteiger partial charge in [-0.05, 0) is 49.6 Å². The Morgan fingerprint density at radius 1 is 1.42 bits per heavy atom. The minimum atomic E-state index is -0.908. The molecule has 2 aromatic rings. The molecule has 0 bridgehead atoms. The number of rotatable bonds is 4. The van der Waals surface area contributed by atoms with Gasteiger partial charge in [-0.1, -0.05) is 13.0 Å². The fraction of sp³-hybridized carbons (Fsp3) is 0.312. The van der Waals surface area contributed by atoms with Gasteiger partial charge in [-0.3, -0.25) is 0 Å². The van der Waals surface area contributed by atoms with Crippen LogP contribution < -0.4 is 0 Å². The lowest BCUT2D eigenvalue weighted by atomic mass is 10.1. The van der Waals surface area contributed by atoms with Gasteiger partial charge in [0.1, 0.15) is 0 Å². The lowest BCUT2D eigenvalue weighted by molar-refractivity contribution is -0.131. The molecule has 0 spiro atoms. The second-order valence-corrected chi connectivity index (χ2v) is 4.92. The van der Waals surface area contributed by atoms with Crippen LogP contribution in [0.5, 0.6) is 0 Å². The molecule has 0 radical (unpaired) electrons. The molecule has 3 nitrogen and oxygen atoms in total. The molecule has 0 saturated carbocycles. The number of allylic oxidation sites excluding steroid dienone is 1. The summed E-state index contributed by atoms with van der Waals surface area (Å²) in [4.78, 5) is 10.7. The van der Waals surface area contributed by atoms with E-state index in [1.165, 1.54) is 11.6 Å². The van der Waals surface area contributed by atoms with Gasteiger partial charge in [0.15, 0.2) is 0 Å². The van der Waals surface area contributed by atoms with Crippen LogP contribution in [0.3, 0.4) is 0 Å². The van der Waals surface area contributed by atoms with Gasteiger partial charge < -0.3 is 9.67 Å². The molecule has 0 amide bonds. The predicted molar refractivity (Wildman–Crippen MR) is 78.2 cm³/mol. The quantitative estimate of drug-likeness (QED) is 0.838. The van der Waals surface area contributed by atoms with E-state index >= 15 is 0 Å². The molecule has 0 fully saturated rings. The Labute approximate surface area is 113 Å². The molecule has 0 aliphatic rings. The number of aliphatic carboxylic acids is 1. The zero-order chi connectivity index (χ0) is 14.0. The number of carboxylic acids is 1. The molecule has 1 aromatic heterocycles. The molecule has 2 rings (SSSR count). The van der Waals surface area contributed by atoms with E-state index in [2.05, 4.69) is 36.7 Å². The van der Waals surface area contributed by atoms with Gasteiger partial charge in [0.05, 0.1) is 0 Å². The number of carbonyl (C=O) groups is 1. The van der Waals surface area contributed by atoms with E-state index in [0.717, 1.165) is 22.9 Å². The van der Waals surface area contributed by atoms with Crippen molar-refractivity contribution in [3.8, 4) is 0 Å². The van der Waals surface area contributed by atoms with Crippen LogP contribution in [-0.2, 0) is 4.79 Å². The van der Waals surface area contributed by atoms with Crippen molar-refractivity contribution in [3.63, 3.8) is 0 Å². The van der Waals surface area contributed by atoms with E-state index in [0.29, 0.717) is 6.04 Å². The van der Waals surface area contributed by atoms with Crippen molar-refractivity contribution >= 4 is 22.4 Å². The van der Waals surface area contributed by atoms with Crippen LogP contribution in [0.25, 0.3) is 16.5 Å². The molecule has 1 unspecified atom stereocenters. The van der Waals surface area contributed by atoms with Crippen molar-refractivity contribution in [2.24, 2.45) is 0 Å². The molecule has 1 aromatic carbocycles. The molecule has 19 heavy (non-hydrogen) atoms. The third-order valence-electron chi connectivity index (χ3n) is 3.58.